The van der Waals surface area contributed by atoms with Crippen molar-refractivity contribution in [1.82, 2.24) is 10.2 Å². The molecule has 1 N–H and O–H groups in total. The standard InChI is InChI=1S/C16H32N2/c1-16(2,3)13-7-9-15(10-8-13)18-11-5-6-14(12-18)17-4/h13-15,17H,5-12H2,1-4H3. The monoisotopic (exact) mass is 252 g/mol. The molecule has 1 saturated heterocycles. The summed E-state index contributed by atoms with van der Waals surface area (Å²) in [6.45, 7) is 9.85. The normalized spacial score (nSPS) is 35.7. The molecule has 0 radical (unpaired) electrons. The molecule has 0 spiro atoms. The molecule has 0 aromatic carbocycles. The van der Waals surface area contributed by atoms with Crippen LogP contribution >= 0.6 is 0 Å². The van der Waals surface area contributed by atoms with E-state index in [2.05, 4.69) is 38.0 Å². The van der Waals surface area contributed by atoms with Crippen LogP contribution in [0.15, 0.2) is 0 Å². The van der Waals surface area contributed by atoms with Crippen molar-refractivity contribution in [2.24, 2.45) is 11.3 Å². The molecular weight excluding hydrogens is 220 g/mol. The van der Waals surface area contributed by atoms with Gasteiger partial charge in [-0.1, -0.05) is 20.8 Å². The van der Waals surface area contributed by atoms with Crippen LogP contribution in [0.1, 0.15) is 59.3 Å². The van der Waals surface area contributed by atoms with E-state index in [1.54, 1.807) is 0 Å². The first-order valence-electron chi connectivity index (χ1n) is 7.92. The molecule has 0 amide bonds. The van der Waals surface area contributed by atoms with Crippen LogP contribution in [0.5, 0.6) is 0 Å². The zero-order valence-corrected chi connectivity index (χ0v) is 12.8. The Morgan fingerprint density at radius 1 is 1.00 bits per heavy atom. The van der Waals surface area contributed by atoms with Crippen molar-refractivity contribution in [3.05, 3.63) is 0 Å². The third-order valence-corrected chi connectivity index (χ3v) is 5.30. The van der Waals surface area contributed by atoms with E-state index in [9.17, 15) is 0 Å². The molecule has 2 aliphatic rings. The lowest BCUT2D eigenvalue weighted by Crippen LogP contribution is -2.50. The zero-order valence-electron chi connectivity index (χ0n) is 12.8. The predicted octanol–water partition coefficient (Wildman–Crippen LogP) is 3.28. The number of nitrogens with zero attached hydrogens (tertiary/aromatic N) is 1. The highest BCUT2D eigenvalue weighted by atomic mass is 15.2. The second-order valence-corrected chi connectivity index (χ2v) is 7.49. The van der Waals surface area contributed by atoms with Gasteiger partial charge < -0.3 is 5.32 Å². The number of hydrogen-bond donors (Lipinski definition) is 1. The van der Waals surface area contributed by atoms with Gasteiger partial charge in [-0.2, -0.15) is 0 Å². The molecule has 0 aromatic rings. The molecule has 1 aliphatic heterocycles. The number of likely N-dealkylation sites (tertiary alicyclic amines) is 1. The summed E-state index contributed by atoms with van der Waals surface area (Å²) in [6.07, 6.45) is 8.48. The summed E-state index contributed by atoms with van der Waals surface area (Å²) < 4.78 is 0. The minimum absolute atomic E-state index is 0.514. The summed E-state index contributed by atoms with van der Waals surface area (Å²) >= 11 is 0. The number of likely N-dealkylation sites (N-methyl/N-ethyl adjacent to an activating group) is 1. The number of piperidine rings is 1. The maximum Gasteiger partial charge on any atom is 0.0192 e. The highest BCUT2D eigenvalue weighted by Crippen LogP contribution is 2.39. The average Bonchev–Trinajstić information content (AvgIpc) is 2.38. The Kier molecular flexibility index (Phi) is 4.71. The van der Waals surface area contributed by atoms with E-state index >= 15 is 0 Å². The van der Waals surface area contributed by atoms with E-state index in [1.807, 2.05) is 0 Å². The maximum absolute atomic E-state index is 3.46. The van der Waals surface area contributed by atoms with Crippen molar-refractivity contribution in [2.75, 3.05) is 20.1 Å². The highest BCUT2D eigenvalue weighted by molar-refractivity contribution is 4.87. The molecule has 1 atom stereocenters. The Morgan fingerprint density at radius 3 is 2.22 bits per heavy atom. The van der Waals surface area contributed by atoms with Crippen LogP contribution in [0.3, 0.4) is 0 Å². The molecule has 0 aromatic heterocycles. The Balaban J connectivity index is 1.82. The number of nitrogens with one attached hydrogen (secondary N) is 1. The van der Waals surface area contributed by atoms with Gasteiger partial charge in [-0.3, -0.25) is 4.90 Å². The van der Waals surface area contributed by atoms with Crippen molar-refractivity contribution >= 4 is 0 Å². The fourth-order valence-corrected chi connectivity index (χ4v) is 3.88. The Bertz CT molecular complexity index is 248. The van der Waals surface area contributed by atoms with Crippen LogP contribution in [-0.4, -0.2) is 37.1 Å². The van der Waals surface area contributed by atoms with Gasteiger partial charge in [0.15, 0.2) is 0 Å². The molecule has 1 aliphatic carbocycles. The van der Waals surface area contributed by atoms with Gasteiger partial charge in [0.2, 0.25) is 0 Å². The van der Waals surface area contributed by atoms with Gasteiger partial charge in [-0.05, 0) is 63.5 Å². The highest BCUT2D eigenvalue weighted by Gasteiger charge is 2.33. The summed E-state index contributed by atoms with van der Waals surface area (Å²) in [7, 11) is 2.12. The Morgan fingerprint density at radius 2 is 1.67 bits per heavy atom. The van der Waals surface area contributed by atoms with Crippen molar-refractivity contribution in [3.63, 3.8) is 0 Å². The van der Waals surface area contributed by atoms with Gasteiger partial charge in [0.05, 0.1) is 0 Å². The molecule has 2 rings (SSSR count). The quantitative estimate of drug-likeness (QED) is 0.811. The average molecular weight is 252 g/mol. The molecule has 0 bridgehead atoms. The first-order chi connectivity index (χ1) is 8.50. The lowest BCUT2D eigenvalue weighted by molar-refractivity contribution is 0.0733. The van der Waals surface area contributed by atoms with E-state index in [-0.39, 0.29) is 0 Å². The van der Waals surface area contributed by atoms with Crippen LogP contribution in [0.4, 0.5) is 0 Å². The first kappa shape index (κ1) is 14.3. The Hall–Kier alpha value is -0.0800. The Labute approximate surface area is 114 Å². The van der Waals surface area contributed by atoms with E-state index in [0.29, 0.717) is 5.41 Å². The largest absolute Gasteiger partial charge is 0.316 e. The van der Waals surface area contributed by atoms with Gasteiger partial charge >= 0.3 is 0 Å². The molecule has 106 valence electrons. The van der Waals surface area contributed by atoms with Crippen LogP contribution in [0.25, 0.3) is 0 Å². The molecule has 1 heterocycles. The first-order valence-corrected chi connectivity index (χ1v) is 7.92. The van der Waals surface area contributed by atoms with Crippen LogP contribution in [0.2, 0.25) is 0 Å². The van der Waals surface area contributed by atoms with Crippen molar-refractivity contribution in [2.45, 2.75) is 71.4 Å². The smallest absolute Gasteiger partial charge is 0.0192 e. The maximum atomic E-state index is 3.46. The molecule has 1 saturated carbocycles. The fourth-order valence-electron chi connectivity index (χ4n) is 3.88. The van der Waals surface area contributed by atoms with Gasteiger partial charge in [-0.25, -0.2) is 0 Å². The van der Waals surface area contributed by atoms with Crippen LogP contribution in [-0.2, 0) is 0 Å². The molecular formula is C16H32N2. The minimum Gasteiger partial charge on any atom is -0.316 e. The summed E-state index contributed by atoms with van der Waals surface area (Å²) in [4.78, 5) is 2.77. The second-order valence-electron chi connectivity index (χ2n) is 7.49. The summed E-state index contributed by atoms with van der Waals surface area (Å²) in [5.41, 5.74) is 0.514. The predicted molar refractivity (Wildman–Crippen MR) is 78.9 cm³/mol. The van der Waals surface area contributed by atoms with Gasteiger partial charge in [0.1, 0.15) is 0 Å². The molecule has 1 unspecified atom stereocenters. The molecule has 2 nitrogen and oxygen atoms in total. The lowest BCUT2D eigenvalue weighted by atomic mass is 9.71. The third-order valence-electron chi connectivity index (χ3n) is 5.30. The zero-order chi connectivity index (χ0) is 13.2. The lowest BCUT2D eigenvalue weighted by Gasteiger charge is -2.43. The van der Waals surface area contributed by atoms with Gasteiger partial charge in [0, 0.05) is 18.6 Å². The van der Waals surface area contributed by atoms with Crippen LogP contribution in [0, 0.1) is 11.3 Å². The molecule has 18 heavy (non-hydrogen) atoms. The van der Waals surface area contributed by atoms with E-state index in [4.69, 9.17) is 0 Å². The fraction of sp³-hybridized carbons (Fsp3) is 1.00. The van der Waals surface area contributed by atoms with E-state index in [1.165, 1.54) is 51.6 Å². The summed E-state index contributed by atoms with van der Waals surface area (Å²) in [5, 5.41) is 3.46. The minimum atomic E-state index is 0.514. The van der Waals surface area contributed by atoms with Crippen molar-refractivity contribution in [1.29, 1.82) is 0 Å². The third kappa shape index (κ3) is 3.48. The summed E-state index contributed by atoms with van der Waals surface area (Å²) in [6, 6.07) is 1.61. The SMILES string of the molecule is CNC1CCCN(C2CCC(C(C)(C)C)CC2)C1. The topological polar surface area (TPSA) is 15.3 Å². The van der Waals surface area contributed by atoms with Gasteiger partial charge in [0.25, 0.3) is 0 Å². The number of hydrogen-bond acceptors (Lipinski definition) is 2. The van der Waals surface area contributed by atoms with Crippen LogP contribution < -0.4 is 5.32 Å². The van der Waals surface area contributed by atoms with E-state index in [0.717, 1.165) is 18.0 Å². The summed E-state index contributed by atoms with van der Waals surface area (Å²) in [5.74, 6) is 0.943. The van der Waals surface area contributed by atoms with Crippen molar-refractivity contribution in [3.8, 4) is 0 Å². The van der Waals surface area contributed by atoms with Crippen molar-refractivity contribution < 1.29 is 0 Å². The second kappa shape index (κ2) is 5.92. The molecule has 2 heteroatoms. The van der Waals surface area contributed by atoms with E-state index < -0.39 is 0 Å². The number of rotatable bonds is 2. The van der Waals surface area contributed by atoms with Gasteiger partial charge in [-0.15, -0.1) is 0 Å². The molecule has 2 fully saturated rings.